The van der Waals surface area contributed by atoms with E-state index in [0.717, 1.165) is 30.4 Å². The zero-order valence-electron chi connectivity index (χ0n) is 12.6. The van der Waals surface area contributed by atoms with Crippen LogP contribution < -0.4 is 11.1 Å². The Morgan fingerprint density at radius 2 is 2.00 bits per heavy atom. The Bertz CT molecular complexity index is 564. The molecule has 3 unspecified atom stereocenters. The largest absolute Gasteiger partial charge is 0.464 e. The van der Waals surface area contributed by atoms with Crippen molar-refractivity contribution in [2.24, 2.45) is 11.7 Å². The van der Waals surface area contributed by atoms with Crippen molar-refractivity contribution in [2.45, 2.75) is 31.7 Å². The molecule has 21 heavy (non-hydrogen) atoms. The summed E-state index contributed by atoms with van der Waals surface area (Å²) in [5.41, 5.74) is 7.23. The van der Waals surface area contributed by atoms with Gasteiger partial charge in [-0.25, -0.2) is 0 Å². The van der Waals surface area contributed by atoms with Crippen LogP contribution in [-0.4, -0.2) is 13.1 Å². The van der Waals surface area contributed by atoms with Crippen LogP contribution in [0, 0.1) is 5.92 Å². The molecular weight excluding hydrogens is 260 g/mol. The number of nitrogens with one attached hydrogen (secondary N) is 1. The fraction of sp³-hybridized carbons (Fsp3) is 0.444. The second-order valence-electron chi connectivity index (χ2n) is 6.04. The molecule has 1 aromatic carbocycles. The van der Waals surface area contributed by atoms with E-state index in [9.17, 15) is 0 Å². The Morgan fingerprint density at radius 3 is 2.67 bits per heavy atom. The minimum Gasteiger partial charge on any atom is -0.464 e. The van der Waals surface area contributed by atoms with Gasteiger partial charge in [0.1, 0.15) is 11.5 Å². The Kier molecular flexibility index (Phi) is 4.42. The summed E-state index contributed by atoms with van der Waals surface area (Å²) < 4.78 is 5.99. The van der Waals surface area contributed by atoms with Crippen molar-refractivity contribution in [3.63, 3.8) is 0 Å². The molecule has 1 saturated carbocycles. The van der Waals surface area contributed by atoms with Gasteiger partial charge in [0.15, 0.2) is 0 Å². The van der Waals surface area contributed by atoms with E-state index in [1.165, 1.54) is 12.0 Å². The molecule has 112 valence electrons. The quantitative estimate of drug-likeness (QED) is 0.820. The first-order valence-corrected chi connectivity index (χ1v) is 7.85. The highest BCUT2D eigenvalue weighted by atomic mass is 16.3. The molecule has 0 aliphatic heterocycles. The molecule has 3 N–H and O–H groups in total. The minimum atomic E-state index is 0.108. The lowest BCUT2D eigenvalue weighted by Crippen LogP contribution is -2.29. The first kappa shape index (κ1) is 14.4. The summed E-state index contributed by atoms with van der Waals surface area (Å²) >= 11 is 0. The normalized spacial score (nSPS) is 22.2. The van der Waals surface area contributed by atoms with Crippen LogP contribution in [0.5, 0.6) is 0 Å². The smallest absolute Gasteiger partial charge is 0.122 e. The molecule has 0 bridgehead atoms. The van der Waals surface area contributed by atoms with Gasteiger partial charge in [0.05, 0.1) is 6.04 Å². The molecule has 1 aromatic heterocycles. The van der Waals surface area contributed by atoms with E-state index in [1.54, 1.807) is 0 Å². The zero-order valence-corrected chi connectivity index (χ0v) is 12.6. The standard InChI is InChI=1S/C18H24N2O/c1-13-11-15(13)17-7-8-18(21-17)16(12-19)20-10-9-14-5-3-2-4-6-14/h2-8,13,15-16,20H,9-12,19H2,1H3. The Hall–Kier alpha value is -1.58. The lowest BCUT2D eigenvalue weighted by Gasteiger charge is -2.14. The van der Waals surface area contributed by atoms with E-state index >= 15 is 0 Å². The maximum atomic E-state index is 5.99. The van der Waals surface area contributed by atoms with Gasteiger partial charge >= 0.3 is 0 Å². The second kappa shape index (κ2) is 6.46. The van der Waals surface area contributed by atoms with Gasteiger partial charge in [0, 0.05) is 12.5 Å². The van der Waals surface area contributed by atoms with Crippen molar-refractivity contribution in [3.8, 4) is 0 Å². The molecule has 3 atom stereocenters. The first-order valence-electron chi connectivity index (χ1n) is 7.85. The van der Waals surface area contributed by atoms with E-state index in [0.29, 0.717) is 12.5 Å². The predicted molar refractivity (Wildman–Crippen MR) is 85.2 cm³/mol. The number of hydrogen-bond acceptors (Lipinski definition) is 3. The van der Waals surface area contributed by atoms with Crippen LogP contribution in [0.15, 0.2) is 46.9 Å². The van der Waals surface area contributed by atoms with Gasteiger partial charge in [-0.15, -0.1) is 0 Å². The molecule has 3 rings (SSSR count). The van der Waals surface area contributed by atoms with E-state index < -0.39 is 0 Å². The lowest BCUT2D eigenvalue weighted by atomic mass is 10.1. The maximum absolute atomic E-state index is 5.99. The monoisotopic (exact) mass is 284 g/mol. The highest BCUT2D eigenvalue weighted by Crippen LogP contribution is 2.47. The molecule has 3 nitrogen and oxygen atoms in total. The van der Waals surface area contributed by atoms with Gasteiger partial charge in [-0.3, -0.25) is 0 Å². The van der Waals surface area contributed by atoms with Gasteiger partial charge < -0.3 is 15.5 Å². The summed E-state index contributed by atoms with van der Waals surface area (Å²) in [5.74, 6) is 3.49. The molecule has 0 amide bonds. The van der Waals surface area contributed by atoms with Gasteiger partial charge in [-0.1, -0.05) is 37.3 Å². The number of furan rings is 1. The van der Waals surface area contributed by atoms with Gasteiger partial charge in [-0.2, -0.15) is 0 Å². The van der Waals surface area contributed by atoms with Crippen LogP contribution in [0.2, 0.25) is 0 Å². The van der Waals surface area contributed by atoms with Crippen LogP contribution >= 0.6 is 0 Å². The SMILES string of the molecule is CC1CC1c1ccc(C(CN)NCCc2ccccc2)o1. The van der Waals surface area contributed by atoms with Crippen LogP contribution in [0.25, 0.3) is 0 Å². The average Bonchev–Trinajstić information content (AvgIpc) is 3.05. The minimum absolute atomic E-state index is 0.108. The number of rotatable bonds is 7. The molecule has 1 aliphatic rings. The number of hydrogen-bond donors (Lipinski definition) is 2. The topological polar surface area (TPSA) is 51.2 Å². The van der Waals surface area contributed by atoms with E-state index in [2.05, 4.69) is 48.6 Å². The molecule has 0 saturated heterocycles. The summed E-state index contributed by atoms with van der Waals surface area (Å²) in [4.78, 5) is 0. The van der Waals surface area contributed by atoms with Crippen molar-refractivity contribution >= 4 is 0 Å². The fourth-order valence-corrected chi connectivity index (χ4v) is 2.81. The van der Waals surface area contributed by atoms with Crippen molar-refractivity contribution < 1.29 is 4.42 Å². The van der Waals surface area contributed by atoms with Crippen LogP contribution in [-0.2, 0) is 6.42 Å². The third-order valence-electron chi connectivity index (χ3n) is 4.35. The van der Waals surface area contributed by atoms with E-state index in [1.807, 2.05) is 6.07 Å². The van der Waals surface area contributed by atoms with Crippen molar-refractivity contribution in [1.82, 2.24) is 5.32 Å². The Labute approximate surface area is 126 Å². The molecule has 2 aromatic rings. The third-order valence-corrected chi connectivity index (χ3v) is 4.35. The first-order chi connectivity index (χ1) is 10.3. The summed E-state index contributed by atoms with van der Waals surface area (Å²) in [6.45, 7) is 3.73. The van der Waals surface area contributed by atoms with Crippen LogP contribution in [0.1, 0.15) is 42.4 Å². The number of nitrogens with two attached hydrogens (primary N) is 1. The van der Waals surface area contributed by atoms with E-state index in [-0.39, 0.29) is 6.04 Å². The van der Waals surface area contributed by atoms with Gasteiger partial charge in [-0.05, 0) is 43.0 Å². The number of benzene rings is 1. The highest BCUT2D eigenvalue weighted by Gasteiger charge is 2.36. The molecule has 1 heterocycles. The van der Waals surface area contributed by atoms with Crippen molar-refractivity contribution in [2.75, 3.05) is 13.1 Å². The maximum Gasteiger partial charge on any atom is 0.122 e. The second-order valence-corrected chi connectivity index (χ2v) is 6.04. The Morgan fingerprint density at radius 1 is 1.24 bits per heavy atom. The average molecular weight is 284 g/mol. The molecule has 3 heteroatoms. The summed E-state index contributed by atoms with van der Waals surface area (Å²) in [7, 11) is 0. The van der Waals surface area contributed by atoms with Crippen LogP contribution in [0.3, 0.4) is 0 Å². The highest BCUT2D eigenvalue weighted by molar-refractivity contribution is 5.20. The van der Waals surface area contributed by atoms with Crippen LogP contribution in [0.4, 0.5) is 0 Å². The van der Waals surface area contributed by atoms with E-state index in [4.69, 9.17) is 10.2 Å². The third kappa shape index (κ3) is 3.55. The van der Waals surface area contributed by atoms with Crippen molar-refractivity contribution in [3.05, 3.63) is 59.5 Å². The van der Waals surface area contributed by atoms with Crippen molar-refractivity contribution in [1.29, 1.82) is 0 Å². The lowest BCUT2D eigenvalue weighted by molar-refractivity contribution is 0.395. The van der Waals surface area contributed by atoms with Gasteiger partial charge in [0.2, 0.25) is 0 Å². The molecule has 0 radical (unpaired) electrons. The molecular formula is C18H24N2O. The van der Waals surface area contributed by atoms with Gasteiger partial charge in [0.25, 0.3) is 0 Å². The summed E-state index contributed by atoms with van der Waals surface area (Å²) in [6, 6.07) is 14.8. The molecule has 1 aliphatic carbocycles. The summed E-state index contributed by atoms with van der Waals surface area (Å²) in [6.07, 6.45) is 2.26. The fourth-order valence-electron chi connectivity index (χ4n) is 2.81. The molecule has 0 spiro atoms. The zero-order chi connectivity index (χ0) is 14.7. The molecule has 1 fully saturated rings. The predicted octanol–water partition coefficient (Wildman–Crippen LogP) is 3.24. The summed E-state index contributed by atoms with van der Waals surface area (Å²) in [5, 5.41) is 3.50. The Balaban J connectivity index is 1.54.